The predicted molar refractivity (Wildman–Crippen MR) is 132 cm³/mol. The number of ether oxygens (including phenoxy) is 2. The van der Waals surface area contributed by atoms with Gasteiger partial charge in [-0.25, -0.2) is 4.39 Å². The fourth-order valence-electron chi connectivity index (χ4n) is 5.41. The molecule has 0 aromatic heterocycles. The normalized spacial score (nSPS) is 22.9. The van der Waals surface area contributed by atoms with E-state index in [1.165, 1.54) is 19.2 Å². The third kappa shape index (κ3) is 3.66. The number of nitro groups is 1. The molecule has 1 N–H and O–H groups in total. The summed E-state index contributed by atoms with van der Waals surface area (Å²) in [5, 5.41) is 15.6. The molecular formula is C26H23ClFN3O5. The Hall–Kier alpha value is -3.69. The second kappa shape index (κ2) is 9.07. The molecule has 186 valence electrons. The number of para-hydroxylation sites is 1. The molecule has 0 aliphatic carbocycles. The van der Waals surface area contributed by atoms with Gasteiger partial charge >= 0.3 is 0 Å². The van der Waals surface area contributed by atoms with Crippen LogP contribution in [0.3, 0.4) is 0 Å². The number of amides is 1. The summed E-state index contributed by atoms with van der Waals surface area (Å²) in [4.78, 5) is 27.2. The molecule has 1 amide bonds. The fraction of sp³-hybridized carbons (Fsp3) is 0.269. The van der Waals surface area contributed by atoms with Crippen molar-refractivity contribution >= 4 is 23.2 Å². The quantitative estimate of drug-likeness (QED) is 0.384. The maximum Gasteiger partial charge on any atom is 0.256 e. The van der Waals surface area contributed by atoms with Gasteiger partial charge in [-0.3, -0.25) is 19.8 Å². The third-order valence-corrected chi connectivity index (χ3v) is 7.30. The molecule has 2 heterocycles. The summed E-state index contributed by atoms with van der Waals surface area (Å²) >= 11 is 6.58. The molecule has 3 atom stereocenters. The number of carbonyl (C=O) groups excluding carboxylic acids is 1. The van der Waals surface area contributed by atoms with E-state index in [1.54, 1.807) is 60.5 Å². The second-order valence-electron chi connectivity index (χ2n) is 8.93. The lowest BCUT2D eigenvalue weighted by atomic mass is 9.79. The molecule has 0 saturated carbocycles. The molecule has 1 spiro atoms. The maximum absolute atomic E-state index is 13.3. The van der Waals surface area contributed by atoms with Crippen LogP contribution in [0.25, 0.3) is 0 Å². The van der Waals surface area contributed by atoms with E-state index in [2.05, 4.69) is 5.32 Å². The van der Waals surface area contributed by atoms with Crippen molar-refractivity contribution in [2.75, 3.05) is 26.0 Å². The predicted octanol–water partition coefficient (Wildman–Crippen LogP) is 4.59. The van der Waals surface area contributed by atoms with E-state index in [1.807, 2.05) is 0 Å². The van der Waals surface area contributed by atoms with Crippen molar-refractivity contribution in [1.29, 1.82) is 0 Å². The fourth-order valence-corrected chi connectivity index (χ4v) is 5.68. The Morgan fingerprint density at radius 1 is 1.22 bits per heavy atom. The van der Waals surface area contributed by atoms with E-state index in [9.17, 15) is 19.3 Å². The summed E-state index contributed by atoms with van der Waals surface area (Å²) in [6.07, 6.45) is 0. The zero-order valence-electron chi connectivity index (χ0n) is 19.5. The molecule has 10 heteroatoms. The molecule has 3 aromatic rings. The van der Waals surface area contributed by atoms with Gasteiger partial charge in [0, 0.05) is 22.7 Å². The van der Waals surface area contributed by atoms with Crippen molar-refractivity contribution in [2.45, 2.75) is 24.1 Å². The van der Waals surface area contributed by atoms with E-state index in [-0.39, 0.29) is 34.7 Å². The van der Waals surface area contributed by atoms with E-state index in [0.29, 0.717) is 22.6 Å². The number of nitrogens with one attached hydrogen (secondary N) is 1. The number of methoxy groups -OCH3 is 1. The van der Waals surface area contributed by atoms with Crippen LogP contribution in [0, 0.1) is 15.9 Å². The van der Waals surface area contributed by atoms with Crippen LogP contribution in [-0.4, -0.2) is 42.5 Å². The van der Waals surface area contributed by atoms with Gasteiger partial charge < -0.3 is 14.8 Å². The van der Waals surface area contributed by atoms with Gasteiger partial charge in [-0.2, -0.15) is 0 Å². The lowest BCUT2D eigenvalue weighted by Gasteiger charge is -2.30. The van der Waals surface area contributed by atoms with Gasteiger partial charge in [-0.1, -0.05) is 41.9 Å². The second-order valence-corrected chi connectivity index (χ2v) is 9.34. The molecule has 5 rings (SSSR count). The number of anilines is 1. The van der Waals surface area contributed by atoms with E-state index in [0.717, 1.165) is 5.56 Å². The molecule has 1 saturated heterocycles. The largest absolute Gasteiger partial charge is 0.493 e. The summed E-state index contributed by atoms with van der Waals surface area (Å²) in [6, 6.07) is 14.9. The highest BCUT2D eigenvalue weighted by atomic mass is 35.5. The molecule has 3 aromatic carbocycles. The Morgan fingerprint density at radius 2 is 1.94 bits per heavy atom. The van der Waals surface area contributed by atoms with Crippen LogP contribution < -0.4 is 14.8 Å². The Morgan fingerprint density at radius 3 is 2.64 bits per heavy atom. The zero-order valence-corrected chi connectivity index (χ0v) is 20.3. The van der Waals surface area contributed by atoms with Gasteiger partial charge in [0.05, 0.1) is 18.1 Å². The number of likely N-dealkylation sites (N-methyl/N-ethyl adjacent to an activating group) is 1. The lowest BCUT2D eigenvalue weighted by Crippen LogP contribution is -2.54. The van der Waals surface area contributed by atoms with Crippen molar-refractivity contribution < 1.29 is 23.6 Å². The van der Waals surface area contributed by atoms with Gasteiger partial charge in [0.1, 0.15) is 12.4 Å². The first-order valence-electron chi connectivity index (χ1n) is 11.3. The molecule has 0 radical (unpaired) electrons. The minimum Gasteiger partial charge on any atom is -0.493 e. The first-order valence-corrected chi connectivity index (χ1v) is 11.7. The number of hydrogen-bond donors (Lipinski definition) is 1. The molecule has 8 nitrogen and oxygen atoms in total. The molecule has 2 aliphatic heterocycles. The number of fused-ring (bicyclic) bond motifs is 2. The Labute approximate surface area is 211 Å². The van der Waals surface area contributed by atoms with Crippen molar-refractivity contribution in [3.8, 4) is 11.5 Å². The average Bonchev–Trinajstić information content (AvgIpc) is 3.33. The van der Waals surface area contributed by atoms with Crippen LogP contribution in [0.15, 0.2) is 60.7 Å². The van der Waals surface area contributed by atoms with Crippen LogP contribution in [0.2, 0.25) is 5.02 Å². The molecule has 1 fully saturated rings. The number of nitrogens with zero attached hydrogens (tertiary/aromatic N) is 2. The standard InChI is InChI=1S/C26H23ClFN3O5/c1-30-13-18(24(31(33)34)26(30)19-5-3-4-6-21(19)29-25(26)32)16-11-20(27)23(22(12-16)35-2)36-14-15-7-9-17(28)10-8-15/h3-12,18,24H,13-14H2,1-2H3,(H,29,32)/t18-,24+,26+/m0/s1. The first kappa shape index (κ1) is 24.0. The highest BCUT2D eigenvalue weighted by molar-refractivity contribution is 6.32. The smallest absolute Gasteiger partial charge is 0.256 e. The van der Waals surface area contributed by atoms with E-state index < -0.39 is 23.4 Å². The van der Waals surface area contributed by atoms with Crippen molar-refractivity contribution in [3.05, 3.63) is 98.3 Å². The molecular weight excluding hydrogens is 489 g/mol. The molecule has 36 heavy (non-hydrogen) atoms. The molecule has 0 unspecified atom stereocenters. The zero-order chi connectivity index (χ0) is 25.6. The lowest BCUT2D eigenvalue weighted by molar-refractivity contribution is -0.534. The van der Waals surface area contributed by atoms with Crippen LogP contribution in [0.4, 0.5) is 10.1 Å². The summed E-state index contributed by atoms with van der Waals surface area (Å²) in [5.74, 6) is -0.847. The number of likely N-dealkylation sites (tertiary alicyclic amines) is 1. The van der Waals surface area contributed by atoms with Crippen LogP contribution in [0.1, 0.15) is 22.6 Å². The van der Waals surface area contributed by atoms with E-state index >= 15 is 0 Å². The summed E-state index contributed by atoms with van der Waals surface area (Å²) in [5.41, 5.74) is 0.995. The topological polar surface area (TPSA) is 93.9 Å². The summed E-state index contributed by atoms with van der Waals surface area (Å²) in [7, 11) is 3.17. The molecule has 2 aliphatic rings. The Balaban J connectivity index is 1.52. The van der Waals surface area contributed by atoms with Gasteiger partial charge in [0.15, 0.2) is 17.0 Å². The number of halogens is 2. The van der Waals surface area contributed by atoms with Crippen LogP contribution in [0.5, 0.6) is 11.5 Å². The number of hydrogen-bond acceptors (Lipinski definition) is 6. The Kier molecular flexibility index (Phi) is 6.05. The Bertz CT molecular complexity index is 1350. The first-order chi connectivity index (χ1) is 17.3. The highest BCUT2D eigenvalue weighted by Crippen LogP contribution is 2.53. The highest BCUT2D eigenvalue weighted by Gasteiger charge is 2.68. The van der Waals surface area contributed by atoms with Gasteiger partial charge in [-0.15, -0.1) is 0 Å². The van der Waals surface area contributed by atoms with E-state index in [4.69, 9.17) is 21.1 Å². The minimum absolute atomic E-state index is 0.124. The van der Waals surface area contributed by atoms with Gasteiger partial charge in [0.25, 0.3) is 11.9 Å². The number of benzene rings is 3. The molecule has 0 bridgehead atoms. The monoisotopic (exact) mass is 511 g/mol. The SMILES string of the molecule is COc1cc([C@@H]2CN(C)[C@@]3(C(=O)Nc4ccccc43)[C@@H]2[N+](=O)[O-])cc(Cl)c1OCc1ccc(F)cc1. The average molecular weight is 512 g/mol. The summed E-state index contributed by atoms with van der Waals surface area (Å²) in [6.45, 7) is 0.377. The number of carbonyl (C=O) groups is 1. The minimum atomic E-state index is -1.46. The van der Waals surface area contributed by atoms with Crippen molar-refractivity contribution in [3.63, 3.8) is 0 Å². The van der Waals surface area contributed by atoms with Gasteiger partial charge in [0.2, 0.25) is 0 Å². The van der Waals surface area contributed by atoms with Crippen molar-refractivity contribution in [1.82, 2.24) is 4.90 Å². The summed E-state index contributed by atoms with van der Waals surface area (Å²) < 4.78 is 24.6. The van der Waals surface area contributed by atoms with Crippen LogP contribution in [-0.2, 0) is 16.9 Å². The van der Waals surface area contributed by atoms with Gasteiger partial charge in [-0.05, 0) is 48.5 Å². The van der Waals surface area contributed by atoms with Crippen molar-refractivity contribution in [2.24, 2.45) is 0 Å². The number of rotatable bonds is 6. The maximum atomic E-state index is 13.3. The van der Waals surface area contributed by atoms with Crippen LogP contribution >= 0.6 is 11.6 Å². The third-order valence-electron chi connectivity index (χ3n) is 7.02.